The Bertz CT molecular complexity index is 759. The van der Waals surface area contributed by atoms with Crippen molar-refractivity contribution in [1.82, 2.24) is 0 Å². The Hall–Kier alpha value is -2.22. The zero-order valence-corrected chi connectivity index (χ0v) is 14.5. The Morgan fingerprint density at radius 1 is 0.966 bits per heavy atom. The molecule has 1 rings (SSSR count). The number of alkyl halides is 10. The van der Waals surface area contributed by atoms with Gasteiger partial charge < -0.3 is 15.2 Å². The van der Waals surface area contributed by atoms with Crippen molar-refractivity contribution in [2.24, 2.45) is 0 Å². The summed E-state index contributed by atoms with van der Waals surface area (Å²) in [5.74, 6) is -4.55. The minimum absolute atomic E-state index is 0.0124. The highest BCUT2D eigenvalue weighted by atomic mass is 35.5. The van der Waals surface area contributed by atoms with Gasteiger partial charge in [-0.2, -0.15) is 39.5 Å². The van der Waals surface area contributed by atoms with E-state index in [1.165, 1.54) is 5.32 Å². The standard InChI is InChI=1S/C14H9ClF9NO4/c1-29-10(27)11(28,14(22,23)24)8(15)9(26)25-7-3-5(12(16,17)18)2-6(4-7)13(19,20)21/h2-4,8,28H,1H3,(H,25,26)/t8-,11-/m1/s1. The normalized spacial score (nSPS) is 16.0. The molecule has 0 saturated carbocycles. The number of aliphatic hydroxyl groups is 1. The smallest absolute Gasteiger partial charge is 0.430 e. The van der Waals surface area contributed by atoms with Crippen molar-refractivity contribution in [3.05, 3.63) is 29.3 Å². The van der Waals surface area contributed by atoms with Gasteiger partial charge in [0.2, 0.25) is 5.91 Å². The van der Waals surface area contributed by atoms with E-state index >= 15 is 0 Å². The van der Waals surface area contributed by atoms with Crippen molar-refractivity contribution >= 4 is 29.2 Å². The van der Waals surface area contributed by atoms with Crippen LogP contribution in [0.1, 0.15) is 11.1 Å². The number of carbonyl (C=O) groups excluding carboxylic acids is 2. The number of amides is 1. The van der Waals surface area contributed by atoms with Gasteiger partial charge in [0.25, 0.3) is 5.60 Å². The SMILES string of the molecule is COC(=O)[C@](O)([C@H](Cl)C(=O)Nc1cc(C(F)(F)F)cc(C(F)(F)F)c1)C(F)(F)F. The van der Waals surface area contributed by atoms with Crippen molar-refractivity contribution in [3.8, 4) is 0 Å². The fourth-order valence-electron chi connectivity index (χ4n) is 1.94. The molecule has 1 amide bonds. The van der Waals surface area contributed by atoms with Crippen LogP contribution in [0.15, 0.2) is 18.2 Å². The molecule has 0 unspecified atom stereocenters. The lowest BCUT2D eigenvalue weighted by molar-refractivity contribution is -0.260. The lowest BCUT2D eigenvalue weighted by atomic mass is 9.97. The zero-order valence-electron chi connectivity index (χ0n) is 13.8. The van der Waals surface area contributed by atoms with E-state index in [2.05, 4.69) is 4.74 Å². The second kappa shape index (κ2) is 7.89. The molecule has 2 N–H and O–H groups in total. The third-order valence-corrected chi connectivity index (χ3v) is 3.89. The Morgan fingerprint density at radius 2 is 1.38 bits per heavy atom. The van der Waals surface area contributed by atoms with Crippen LogP contribution in [-0.2, 0) is 26.7 Å². The van der Waals surface area contributed by atoms with Crippen LogP contribution in [0.25, 0.3) is 0 Å². The van der Waals surface area contributed by atoms with Gasteiger partial charge in [-0.3, -0.25) is 4.79 Å². The molecule has 1 aromatic rings. The maximum Gasteiger partial charge on any atom is 0.430 e. The highest BCUT2D eigenvalue weighted by Crippen LogP contribution is 2.39. The molecule has 0 heterocycles. The highest BCUT2D eigenvalue weighted by molar-refractivity contribution is 6.35. The quantitative estimate of drug-likeness (QED) is 0.407. The minimum atomic E-state index is -5.88. The number of esters is 1. The molecule has 1 aromatic carbocycles. The number of carbonyl (C=O) groups is 2. The third-order valence-electron chi connectivity index (χ3n) is 3.38. The summed E-state index contributed by atoms with van der Waals surface area (Å²) in [6.45, 7) is 0. The summed E-state index contributed by atoms with van der Waals surface area (Å²) in [4.78, 5) is 23.2. The van der Waals surface area contributed by atoms with Gasteiger partial charge in [0.05, 0.1) is 18.2 Å². The molecule has 164 valence electrons. The topological polar surface area (TPSA) is 75.6 Å². The van der Waals surface area contributed by atoms with Crippen LogP contribution in [-0.4, -0.2) is 41.2 Å². The average molecular weight is 462 g/mol. The van der Waals surface area contributed by atoms with Gasteiger partial charge in [-0.1, -0.05) is 0 Å². The first-order valence-corrected chi connectivity index (χ1v) is 7.41. The van der Waals surface area contributed by atoms with Crippen molar-refractivity contribution < 1.29 is 58.9 Å². The summed E-state index contributed by atoms with van der Waals surface area (Å²) < 4.78 is 119. The first-order chi connectivity index (χ1) is 12.9. The number of nitrogens with one attached hydrogen (secondary N) is 1. The van der Waals surface area contributed by atoms with Gasteiger partial charge >= 0.3 is 24.5 Å². The summed E-state index contributed by atoms with van der Waals surface area (Å²) in [6.07, 6.45) is -16.5. The number of rotatable bonds is 4. The third kappa shape index (κ3) is 5.23. The summed E-state index contributed by atoms with van der Waals surface area (Å²) in [5.41, 5.74) is -9.64. The summed E-state index contributed by atoms with van der Waals surface area (Å²) in [5, 5.41) is 7.61. The molecule has 0 bridgehead atoms. The molecular formula is C14H9ClF9NO4. The van der Waals surface area contributed by atoms with Gasteiger partial charge in [0.1, 0.15) is 0 Å². The Labute approximate surface area is 160 Å². The molecular weight excluding hydrogens is 453 g/mol. The number of halogens is 10. The van der Waals surface area contributed by atoms with E-state index < -0.39 is 58.2 Å². The van der Waals surface area contributed by atoms with E-state index in [9.17, 15) is 54.2 Å². The van der Waals surface area contributed by atoms with Crippen molar-refractivity contribution in [2.75, 3.05) is 12.4 Å². The van der Waals surface area contributed by atoms with E-state index in [4.69, 9.17) is 11.6 Å². The fraction of sp³-hybridized carbons (Fsp3) is 0.429. The van der Waals surface area contributed by atoms with Crippen LogP contribution in [0, 0.1) is 0 Å². The molecule has 0 aliphatic carbocycles. The summed E-state index contributed by atoms with van der Waals surface area (Å²) in [6, 6.07) is -0.322. The van der Waals surface area contributed by atoms with Crippen molar-refractivity contribution in [2.45, 2.75) is 29.5 Å². The number of methoxy groups -OCH3 is 1. The summed E-state index contributed by atoms with van der Waals surface area (Å²) in [7, 11) is 0.406. The van der Waals surface area contributed by atoms with Crippen LogP contribution in [0.5, 0.6) is 0 Å². The molecule has 0 aromatic heterocycles. The summed E-state index contributed by atoms with van der Waals surface area (Å²) >= 11 is 5.18. The van der Waals surface area contributed by atoms with E-state index in [0.717, 1.165) is 0 Å². The fourth-order valence-corrected chi connectivity index (χ4v) is 2.21. The van der Waals surface area contributed by atoms with E-state index in [-0.39, 0.29) is 18.2 Å². The van der Waals surface area contributed by atoms with Gasteiger partial charge in [-0.15, -0.1) is 11.6 Å². The first-order valence-electron chi connectivity index (χ1n) is 6.97. The van der Waals surface area contributed by atoms with Gasteiger partial charge in [-0.25, -0.2) is 4.79 Å². The molecule has 2 atom stereocenters. The molecule has 0 saturated heterocycles. The van der Waals surface area contributed by atoms with Crippen LogP contribution >= 0.6 is 11.6 Å². The Morgan fingerprint density at radius 3 is 1.69 bits per heavy atom. The molecule has 0 fully saturated rings. The van der Waals surface area contributed by atoms with Crippen molar-refractivity contribution in [1.29, 1.82) is 0 Å². The maximum atomic E-state index is 13.0. The van der Waals surface area contributed by atoms with Gasteiger partial charge in [0.15, 0.2) is 5.38 Å². The first kappa shape index (κ1) is 24.8. The van der Waals surface area contributed by atoms with Crippen molar-refractivity contribution in [3.63, 3.8) is 0 Å². The van der Waals surface area contributed by atoms with Crippen LogP contribution in [0.4, 0.5) is 45.2 Å². The van der Waals surface area contributed by atoms with Crippen LogP contribution in [0.3, 0.4) is 0 Å². The zero-order chi connectivity index (χ0) is 23.0. The number of hydrogen-bond donors (Lipinski definition) is 2. The lowest BCUT2D eigenvalue weighted by Gasteiger charge is -2.30. The Balaban J connectivity index is 3.38. The van der Waals surface area contributed by atoms with Crippen LogP contribution in [0.2, 0.25) is 0 Å². The van der Waals surface area contributed by atoms with E-state index in [1.807, 2.05) is 0 Å². The Kier molecular flexibility index (Phi) is 6.76. The van der Waals surface area contributed by atoms with Crippen LogP contribution < -0.4 is 5.32 Å². The minimum Gasteiger partial charge on any atom is -0.467 e. The number of anilines is 1. The van der Waals surface area contributed by atoms with Gasteiger partial charge in [-0.05, 0) is 18.2 Å². The predicted molar refractivity (Wildman–Crippen MR) is 77.7 cm³/mol. The lowest BCUT2D eigenvalue weighted by Crippen LogP contribution is -2.62. The molecule has 29 heavy (non-hydrogen) atoms. The second-order valence-electron chi connectivity index (χ2n) is 5.40. The second-order valence-corrected chi connectivity index (χ2v) is 5.84. The molecule has 15 heteroatoms. The molecule has 5 nitrogen and oxygen atoms in total. The largest absolute Gasteiger partial charge is 0.467 e. The van der Waals surface area contributed by atoms with E-state index in [0.29, 0.717) is 7.11 Å². The number of ether oxygens (including phenoxy) is 1. The maximum absolute atomic E-state index is 13.0. The molecule has 0 aliphatic heterocycles. The highest BCUT2D eigenvalue weighted by Gasteiger charge is 2.67. The number of hydrogen-bond acceptors (Lipinski definition) is 4. The predicted octanol–water partition coefficient (Wildman–Crippen LogP) is 3.74. The molecule has 0 radical (unpaired) electrons. The average Bonchev–Trinajstić information content (AvgIpc) is 2.56. The molecule has 0 aliphatic rings. The monoisotopic (exact) mass is 461 g/mol. The number of benzene rings is 1. The van der Waals surface area contributed by atoms with Gasteiger partial charge in [0, 0.05) is 5.69 Å². The molecule has 0 spiro atoms. The van der Waals surface area contributed by atoms with E-state index in [1.54, 1.807) is 0 Å².